The van der Waals surface area contributed by atoms with Gasteiger partial charge in [-0.1, -0.05) is 6.92 Å². The average molecular weight is 347 g/mol. The fourth-order valence-electron chi connectivity index (χ4n) is 3.38. The molecule has 2 saturated heterocycles. The summed E-state index contributed by atoms with van der Waals surface area (Å²) in [5.74, 6) is 0.101. The van der Waals surface area contributed by atoms with Gasteiger partial charge >= 0.3 is 0 Å². The van der Waals surface area contributed by atoms with Crippen LogP contribution in [0.5, 0.6) is 0 Å². The highest BCUT2D eigenvalue weighted by Crippen LogP contribution is 2.18. The van der Waals surface area contributed by atoms with Crippen LogP contribution in [0.1, 0.15) is 23.7 Å². The Balaban J connectivity index is 1.53. The summed E-state index contributed by atoms with van der Waals surface area (Å²) in [6, 6.07) is 7.93. The Kier molecular flexibility index (Phi) is 6.29. The third-order valence-electron chi connectivity index (χ3n) is 5.09. The van der Waals surface area contributed by atoms with Gasteiger partial charge in [-0.3, -0.25) is 9.69 Å². The van der Waals surface area contributed by atoms with E-state index in [1.165, 1.54) is 0 Å². The number of carbonyl (C=O) groups excluding carboxylic acids is 1. The highest BCUT2D eigenvalue weighted by Gasteiger charge is 2.23. The molecule has 1 aromatic rings. The molecule has 2 fully saturated rings. The van der Waals surface area contributed by atoms with Crippen molar-refractivity contribution in [3.8, 4) is 0 Å². The summed E-state index contributed by atoms with van der Waals surface area (Å²) in [5.41, 5.74) is 1.90. The zero-order valence-electron chi connectivity index (χ0n) is 15.1. The number of piperazine rings is 1. The van der Waals surface area contributed by atoms with Crippen LogP contribution in [0, 0.1) is 0 Å². The van der Waals surface area contributed by atoms with Crippen molar-refractivity contribution >= 4 is 11.6 Å². The third kappa shape index (κ3) is 4.71. The van der Waals surface area contributed by atoms with Gasteiger partial charge in [-0.15, -0.1) is 0 Å². The van der Waals surface area contributed by atoms with E-state index in [0.29, 0.717) is 6.54 Å². The number of hydrogen-bond acceptors (Lipinski definition) is 5. The van der Waals surface area contributed by atoms with Crippen LogP contribution < -0.4 is 4.90 Å². The zero-order valence-corrected chi connectivity index (χ0v) is 15.1. The molecule has 1 amide bonds. The van der Waals surface area contributed by atoms with Crippen molar-refractivity contribution in [2.75, 3.05) is 63.9 Å². The molecule has 3 rings (SSSR count). The number of amides is 1. The van der Waals surface area contributed by atoms with Gasteiger partial charge in [0.25, 0.3) is 5.91 Å². The summed E-state index contributed by atoms with van der Waals surface area (Å²) < 4.78 is 5.38. The third-order valence-corrected chi connectivity index (χ3v) is 5.09. The quantitative estimate of drug-likeness (QED) is 0.863. The van der Waals surface area contributed by atoms with Crippen molar-refractivity contribution in [1.29, 1.82) is 0 Å². The Morgan fingerprint density at radius 3 is 2.32 bits per heavy atom. The lowest BCUT2D eigenvalue weighted by Gasteiger charge is -2.35. The molecule has 25 heavy (non-hydrogen) atoms. The predicted molar refractivity (Wildman–Crippen MR) is 98.1 cm³/mol. The van der Waals surface area contributed by atoms with Gasteiger partial charge in [0.1, 0.15) is 0 Å². The minimum absolute atomic E-state index is 0.101. The standard InChI is InChI=1S/C19H29N3O3/c1-2-18(23)15-20-7-9-22(10-8-20)19(24)16-3-5-17(6-4-16)21-11-13-25-14-12-21/h3-6,18,23H,2,7-15H2,1H3/t18-/m1/s1. The first-order valence-electron chi connectivity index (χ1n) is 9.30. The van der Waals surface area contributed by atoms with Gasteiger partial charge in [-0.25, -0.2) is 0 Å². The molecule has 6 heteroatoms. The highest BCUT2D eigenvalue weighted by molar-refractivity contribution is 5.94. The summed E-state index contributed by atoms with van der Waals surface area (Å²) in [7, 11) is 0. The first-order chi connectivity index (χ1) is 12.2. The van der Waals surface area contributed by atoms with E-state index in [4.69, 9.17) is 4.74 Å². The molecule has 6 nitrogen and oxygen atoms in total. The summed E-state index contributed by atoms with van der Waals surface area (Å²) >= 11 is 0. The Hall–Kier alpha value is -1.63. The summed E-state index contributed by atoms with van der Waals surface area (Å²) in [4.78, 5) is 19.1. The molecule has 0 spiro atoms. The second-order valence-corrected chi connectivity index (χ2v) is 6.80. The van der Waals surface area contributed by atoms with E-state index in [1.54, 1.807) is 0 Å². The fraction of sp³-hybridized carbons (Fsp3) is 0.632. The minimum Gasteiger partial charge on any atom is -0.392 e. The lowest BCUT2D eigenvalue weighted by Crippen LogP contribution is -2.50. The van der Waals surface area contributed by atoms with Crippen LogP contribution in [0.15, 0.2) is 24.3 Å². The molecular weight excluding hydrogens is 318 g/mol. The first-order valence-corrected chi connectivity index (χ1v) is 9.30. The van der Waals surface area contributed by atoms with E-state index in [2.05, 4.69) is 9.80 Å². The van der Waals surface area contributed by atoms with Crippen LogP contribution in [-0.2, 0) is 4.74 Å². The van der Waals surface area contributed by atoms with Crippen molar-refractivity contribution in [3.63, 3.8) is 0 Å². The lowest BCUT2D eigenvalue weighted by molar-refractivity contribution is 0.0523. The van der Waals surface area contributed by atoms with E-state index >= 15 is 0 Å². The largest absolute Gasteiger partial charge is 0.392 e. The number of aliphatic hydroxyl groups is 1. The van der Waals surface area contributed by atoms with Crippen molar-refractivity contribution in [2.45, 2.75) is 19.4 Å². The van der Waals surface area contributed by atoms with Crippen LogP contribution in [0.3, 0.4) is 0 Å². The van der Waals surface area contributed by atoms with Crippen LogP contribution >= 0.6 is 0 Å². The van der Waals surface area contributed by atoms with Gasteiger partial charge in [-0.2, -0.15) is 0 Å². The molecule has 1 atom stereocenters. The molecule has 1 N–H and O–H groups in total. The molecule has 138 valence electrons. The molecule has 2 aliphatic rings. The topological polar surface area (TPSA) is 56.2 Å². The Morgan fingerprint density at radius 2 is 1.72 bits per heavy atom. The molecule has 1 aromatic carbocycles. The van der Waals surface area contributed by atoms with Crippen LogP contribution in [-0.4, -0.2) is 85.9 Å². The van der Waals surface area contributed by atoms with Gasteiger partial charge in [0.15, 0.2) is 0 Å². The maximum Gasteiger partial charge on any atom is 0.253 e. The molecule has 0 saturated carbocycles. The molecule has 2 heterocycles. The maximum absolute atomic E-state index is 12.7. The van der Waals surface area contributed by atoms with Crippen LogP contribution in [0.2, 0.25) is 0 Å². The van der Waals surface area contributed by atoms with Gasteiger partial charge in [0.2, 0.25) is 0 Å². The number of hydrogen-bond donors (Lipinski definition) is 1. The number of benzene rings is 1. The molecule has 0 aliphatic carbocycles. The van der Waals surface area contributed by atoms with E-state index < -0.39 is 0 Å². The van der Waals surface area contributed by atoms with E-state index in [1.807, 2.05) is 36.1 Å². The summed E-state index contributed by atoms with van der Waals surface area (Å²) in [6.07, 6.45) is 0.504. The summed E-state index contributed by atoms with van der Waals surface area (Å²) in [6.45, 7) is 9.12. The Bertz CT molecular complexity index is 550. The van der Waals surface area contributed by atoms with Crippen LogP contribution in [0.4, 0.5) is 5.69 Å². The number of β-amino-alcohol motifs (C(OH)–C–C–N with tert-alkyl or cyclic N) is 1. The number of anilines is 1. The van der Waals surface area contributed by atoms with Gasteiger partial charge < -0.3 is 19.6 Å². The number of rotatable bonds is 5. The van der Waals surface area contributed by atoms with Crippen LogP contribution in [0.25, 0.3) is 0 Å². The normalized spacial score (nSPS) is 20.6. The molecule has 0 bridgehead atoms. The Morgan fingerprint density at radius 1 is 1.08 bits per heavy atom. The smallest absolute Gasteiger partial charge is 0.253 e. The number of ether oxygens (including phenoxy) is 1. The van der Waals surface area contributed by atoms with Crippen molar-refractivity contribution < 1.29 is 14.6 Å². The van der Waals surface area contributed by atoms with E-state index in [0.717, 1.165) is 70.2 Å². The van der Waals surface area contributed by atoms with Crippen molar-refractivity contribution in [2.24, 2.45) is 0 Å². The first kappa shape index (κ1) is 18.2. The van der Waals surface area contributed by atoms with Gasteiger partial charge in [0.05, 0.1) is 19.3 Å². The number of carbonyl (C=O) groups is 1. The Labute approximate surface area is 150 Å². The monoisotopic (exact) mass is 347 g/mol. The lowest BCUT2D eigenvalue weighted by atomic mass is 10.1. The second-order valence-electron chi connectivity index (χ2n) is 6.80. The second kappa shape index (κ2) is 8.65. The van der Waals surface area contributed by atoms with Gasteiger partial charge in [0, 0.05) is 57.1 Å². The predicted octanol–water partition coefficient (Wildman–Crippen LogP) is 1.05. The molecule has 2 aliphatic heterocycles. The number of morpholine rings is 1. The van der Waals surface area contributed by atoms with Gasteiger partial charge in [-0.05, 0) is 30.7 Å². The number of aliphatic hydroxyl groups excluding tert-OH is 1. The molecule has 0 aromatic heterocycles. The van der Waals surface area contributed by atoms with E-state index in [-0.39, 0.29) is 12.0 Å². The van der Waals surface area contributed by atoms with Crippen molar-refractivity contribution in [1.82, 2.24) is 9.80 Å². The SMILES string of the molecule is CC[C@@H](O)CN1CCN(C(=O)c2ccc(N3CCOCC3)cc2)CC1. The summed E-state index contributed by atoms with van der Waals surface area (Å²) in [5, 5.41) is 9.76. The minimum atomic E-state index is -0.269. The molecular formula is C19H29N3O3. The molecule has 0 unspecified atom stereocenters. The van der Waals surface area contributed by atoms with Crippen molar-refractivity contribution in [3.05, 3.63) is 29.8 Å². The zero-order chi connectivity index (χ0) is 17.6. The molecule has 0 radical (unpaired) electrons. The van der Waals surface area contributed by atoms with E-state index in [9.17, 15) is 9.90 Å². The highest BCUT2D eigenvalue weighted by atomic mass is 16.5. The number of nitrogens with zero attached hydrogens (tertiary/aromatic N) is 3. The maximum atomic E-state index is 12.7. The fourth-order valence-corrected chi connectivity index (χ4v) is 3.38. The average Bonchev–Trinajstić information content (AvgIpc) is 2.69.